The lowest BCUT2D eigenvalue weighted by atomic mass is 10.1. The molecule has 0 saturated carbocycles. The summed E-state index contributed by atoms with van der Waals surface area (Å²) in [4.78, 5) is 0. The molecule has 1 N–H and O–H groups in total. The maximum absolute atomic E-state index is 11.7. The number of nitrogens with zero attached hydrogens (tertiary/aromatic N) is 1. The van der Waals surface area contributed by atoms with Crippen LogP contribution in [0.4, 0.5) is 14.5 Å². The van der Waals surface area contributed by atoms with Crippen LogP contribution in [0.5, 0.6) is 0 Å². The first-order valence-corrected chi connectivity index (χ1v) is 5.24. The smallest absolute Gasteiger partial charge is 0.261 e. The van der Waals surface area contributed by atoms with Crippen LogP contribution in [-0.4, -0.2) is 26.2 Å². The number of hydrogen-bond donors (Lipinski definition) is 1. The van der Waals surface area contributed by atoms with Crippen molar-refractivity contribution >= 4 is 5.69 Å². The quantitative estimate of drug-likeness (QED) is 0.777. The highest BCUT2D eigenvalue weighted by Gasteiger charge is 2.01. The van der Waals surface area contributed by atoms with E-state index >= 15 is 0 Å². The number of rotatable bonds is 6. The molecule has 3 nitrogen and oxygen atoms in total. The van der Waals surface area contributed by atoms with Crippen LogP contribution in [-0.2, 0) is 4.74 Å². The fraction of sp³-hybridized carbons (Fsp3) is 0.417. The summed E-state index contributed by atoms with van der Waals surface area (Å²) in [7, 11) is 0. The summed E-state index contributed by atoms with van der Waals surface area (Å²) in [5.41, 5.74) is 2.36. The van der Waals surface area contributed by atoms with Crippen LogP contribution in [0.2, 0.25) is 0 Å². The van der Waals surface area contributed by atoms with Crippen molar-refractivity contribution in [2.45, 2.75) is 13.3 Å². The Bertz CT molecular complexity index is 402. The SMILES string of the molecule is Cc1cc(NCCOCC(F)F)ccc1C#N. The molecule has 1 aromatic rings. The number of nitriles is 1. The molecule has 0 unspecified atom stereocenters. The van der Waals surface area contributed by atoms with E-state index in [0.717, 1.165) is 11.3 Å². The summed E-state index contributed by atoms with van der Waals surface area (Å²) >= 11 is 0. The zero-order valence-corrected chi connectivity index (χ0v) is 9.54. The normalized spacial score (nSPS) is 10.3. The van der Waals surface area contributed by atoms with Gasteiger partial charge >= 0.3 is 0 Å². The van der Waals surface area contributed by atoms with E-state index in [1.807, 2.05) is 13.0 Å². The number of benzene rings is 1. The fourth-order valence-corrected chi connectivity index (χ4v) is 1.34. The van der Waals surface area contributed by atoms with E-state index in [1.54, 1.807) is 12.1 Å². The maximum Gasteiger partial charge on any atom is 0.261 e. The highest BCUT2D eigenvalue weighted by molar-refractivity contribution is 5.51. The van der Waals surface area contributed by atoms with Crippen molar-refractivity contribution < 1.29 is 13.5 Å². The zero-order valence-electron chi connectivity index (χ0n) is 9.54. The van der Waals surface area contributed by atoms with Crippen molar-refractivity contribution in [2.24, 2.45) is 0 Å². The average Bonchev–Trinajstić information content (AvgIpc) is 2.28. The second-order valence-corrected chi connectivity index (χ2v) is 3.53. The van der Waals surface area contributed by atoms with Crippen molar-refractivity contribution in [3.05, 3.63) is 29.3 Å². The van der Waals surface area contributed by atoms with Crippen LogP contribution in [0.1, 0.15) is 11.1 Å². The van der Waals surface area contributed by atoms with Gasteiger partial charge in [-0.1, -0.05) is 0 Å². The van der Waals surface area contributed by atoms with Gasteiger partial charge in [-0.2, -0.15) is 5.26 Å². The predicted molar refractivity (Wildman–Crippen MR) is 61.2 cm³/mol. The summed E-state index contributed by atoms with van der Waals surface area (Å²) in [5.74, 6) is 0. The Kier molecular flexibility index (Phi) is 5.37. The minimum absolute atomic E-state index is 0.226. The van der Waals surface area contributed by atoms with Gasteiger partial charge in [-0.15, -0.1) is 0 Å². The molecule has 0 aliphatic heterocycles. The van der Waals surface area contributed by atoms with Gasteiger partial charge in [0.15, 0.2) is 0 Å². The molecule has 0 heterocycles. The molecule has 0 fully saturated rings. The number of nitrogens with one attached hydrogen (secondary N) is 1. The molecule has 92 valence electrons. The topological polar surface area (TPSA) is 45.0 Å². The first-order chi connectivity index (χ1) is 8.13. The molecule has 1 rings (SSSR count). The minimum Gasteiger partial charge on any atom is -0.383 e. The van der Waals surface area contributed by atoms with Gasteiger partial charge in [0, 0.05) is 12.2 Å². The third-order valence-electron chi connectivity index (χ3n) is 2.17. The highest BCUT2D eigenvalue weighted by atomic mass is 19.3. The number of hydrogen-bond acceptors (Lipinski definition) is 3. The molecule has 0 aromatic heterocycles. The molecule has 0 atom stereocenters. The standard InChI is InChI=1S/C12H14F2N2O/c1-9-6-11(3-2-10(9)7-15)16-4-5-17-8-12(13)14/h2-3,6,12,16H,4-5,8H2,1H3. The summed E-state index contributed by atoms with van der Waals surface area (Å²) < 4.78 is 28.2. The third-order valence-corrected chi connectivity index (χ3v) is 2.17. The number of aryl methyl sites for hydroxylation is 1. The molecular weight excluding hydrogens is 226 g/mol. The van der Waals surface area contributed by atoms with E-state index in [0.29, 0.717) is 12.1 Å². The first-order valence-electron chi connectivity index (χ1n) is 5.24. The van der Waals surface area contributed by atoms with Gasteiger partial charge in [0.2, 0.25) is 0 Å². The highest BCUT2D eigenvalue weighted by Crippen LogP contribution is 2.13. The molecule has 17 heavy (non-hydrogen) atoms. The minimum atomic E-state index is -2.42. The molecule has 0 aliphatic carbocycles. The first kappa shape index (κ1) is 13.4. The van der Waals surface area contributed by atoms with Gasteiger partial charge in [-0.3, -0.25) is 0 Å². The molecule has 0 spiro atoms. The van der Waals surface area contributed by atoms with E-state index in [2.05, 4.69) is 11.4 Å². The fourth-order valence-electron chi connectivity index (χ4n) is 1.34. The Balaban J connectivity index is 2.33. The number of anilines is 1. The van der Waals surface area contributed by atoms with Crippen molar-refractivity contribution in [3.8, 4) is 6.07 Å². The van der Waals surface area contributed by atoms with Gasteiger partial charge in [-0.25, -0.2) is 8.78 Å². The van der Waals surface area contributed by atoms with E-state index in [9.17, 15) is 8.78 Å². The molecule has 1 aromatic carbocycles. The zero-order chi connectivity index (χ0) is 12.7. The maximum atomic E-state index is 11.7. The van der Waals surface area contributed by atoms with Crippen LogP contribution in [0, 0.1) is 18.3 Å². The number of ether oxygens (including phenoxy) is 1. The van der Waals surface area contributed by atoms with Gasteiger partial charge in [0.1, 0.15) is 6.61 Å². The summed E-state index contributed by atoms with van der Waals surface area (Å²) in [5, 5.41) is 11.8. The summed E-state index contributed by atoms with van der Waals surface area (Å²) in [6, 6.07) is 7.41. The lowest BCUT2D eigenvalue weighted by molar-refractivity contribution is 0.0215. The Morgan fingerprint density at radius 2 is 2.24 bits per heavy atom. The monoisotopic (exact) mass is 240 g/mol. The van der Waals surface area contributed by atoms with Gasteiger partial charge < -0.3 is 10.1 Å². The van der Waals surface area contributed by atoms with Crippen LogP contribution in [0.15, 0.2) is 18.2 Å². The second-order valence-electron chi connectivity index (χ2n) is 3.53. The molecule has 0 aliphatic rings. The summed E-state index contributed by atoms with van der Waals surface area (Å²) in [6.45, 7) is 1.99. The van der Waals surface area contributed by atoms with Crippen molar-refractivity contribution in [1.29, 1.82) is 5.26 Å². The molecular formula is C12H14F2N2O. The van der Waals surface area contributed by atoms with Gasteiger partial charge in [-0.05, 0) is 30.7 Å². The third kappa shape index (κ3) is 4.79. The van der Waals surface area contributed by atoms with E-state index < -0.39 is 13.0 Å². The van der Waals surface area contributed by atoms with Gasteiger partial charge in [0.05, 0.1) is 18.2 Å². The Hall–Kier alpha value is -1.67. The molecule has 0 saturated heterocycles. The van der Waals surface area contributed by atoms with Crippen molar-refractivity contribution in [1.82, 2.24) is 0 Å². The molecule has 0 amide bonds. The number of alkyl halides is 2. The van der Waals surface area contributed by atoms with Crippen LogP contribution >= 0.6 is 0 Å². The predicted octanol–water partition coefficient (Wildman–Crippen LogP) is 2.56. The van der Waals surface area contributed by atoms with Crippen molar-refractivity contribution in [2.75, 3.05) is 25.1 Å². The van der Waals surface area contributed by atoms with Crippen LogP contribution in [0.3, 0.4) is 0 Å². The lowest BCUT2D eigenvalue weighted by Gasteiger charge is -2.08. The van der Waals surface area contributed by atoms with Gasteiger partial charge in [0.25, 0.3) is 6.43 Å². The van der Waals surface area contributed by atoms with Crippen molar-refractivity contribution in [3.63, 3.8) is 0 Å². The second kappa shape index (κ2) is 6.81. The number of halogens is 2. The lowest BCUT2D eigenvalue weighted by Crippen LogP contribution is -2.13. The van der Waals surface area contributed by atoms with E-state index in [4.69, 9.17) is 10.00 Å². The summed E-state index contributed by atoms with van der Waals surface area (Å²) in [6.07, 6.45) is -2.42. The Morgan fingerprint density at radius 3 is 2.82 bits per heavy atom. The molecule has 0 radical (unpaired) electrons. The van der Waals surface area contributed by atoms with Crippen LogP contribution in [0.25, 0.3) is 0 Å². The van der Waals surface area contributed by atoms with E-state index in [1.165, 1.54) is 0 Å². The largest absolute Gasteiger partial charge is 0.383 e. The Labute approximate surface area is 99.0 Å². The molecule has 0 bridgehead atoms. The Morgan fingerprint density at radius 1 is 1.47 bits per heavy atom. The molecule has 5 heteroatoms. The van der Waals surface area contributed by atoms with Crippen LogP contribution < -0.4 is 5.32 Å². The average molecular weight is 240 g/mol. The van der Waals surface area contributed by atoms with E-state index in [-0.39, 0.29) is 6.61 Å².